The van der Waals surface area contributed by atoms with Crippen molar-refractivity contribution in [2.75, 3.05) is 11.1 Å². The van der Waals surface area contributed by atoms with Crippen molar-refractivity contribution in [3.05, 3.63) is 59.7 Å². The minimum absolute atomic E-state index is 0.0928. The van der Waals surface area contributed by atoms with Crippen LogP contribution in [0.2, 0.25) is 0 Å². The molecule has 0 saturated heterocycles. The fraction of sp³-hybridized carbons (Fsp3) is 0.222. The minimum Gasteiger partial charge on any atom is -0.325 e. The molecule has 25 heavy (non-hydrogen) atoms. The van der Waals surface area contributed by atoms with E-state index in [9.17, 15) is 4.79 Å². The highest BCUT2D eigenvalue weighted by molar-refractivity contribution is 7.99. The Morgan fingerprint density at radius 3 is 2.52 bits per heavy atom. The highest BCUT2D eigenvalue weighted by Crippen LogP contribution is 2.19. The number of benzene rings is 2. The van der Waals surface area contributed by atoms with Gasteiger partial charge in [-0.05, 0) is 53.6 Å². The Labute approximate surface area is 150 Å². The summed E-state index contributed by atoms with van der Waals surface area (Å²) >= 11 is 1.30. The van der Waals surface area contributed by atoms with Crippen LogP contribution in [0.25, 0.3) is 5.69 Å². The summed E-state index contributed by atoms with van der Waals surface area (Å²) < 4.78 is 1.64. The van der Waals surface area contributed by atoms with Crippen LogP contribution in [0.4, 0.5) is 5.69 Å². The van der Waals surface area contributed by atoms with Gasteiger partial charge in [-0.1, -0.05) is 48.5 Å². The molecule has 3 aromatic rings. The normalized spacial score (nSPS) is 10.6. The van der Waals surface area contributed by atoms with Crippen LogP contribution in [0.5, 0.6) is 0 Å². The van der Waals surface area contributed by atoms with E-state index in [-0.39, 0.29) is 11.7 Å². The second kappa shape index (κ2) is 7.94. The van der Waals surface area contributed by atoms with Gasteiger partial charge in [-0.2, -0.15) is 4.68 Å². The van der Waals surface area contributed by atoms with Gasteiger partial charge in [0.25, 0.3) is 0 Å². The van der Waals surface area contributed by atoms with Crippen LogP contribution in [0, 0.1) is 6.92 Å². The van der Waals surface area contributed by atoms with Crippen LogP contribution < -0.4 is 5.32 Å². The molecule has 0 atom stereocenters. The Hall–Kier alpha value is -2.67. The molecule has 0 aliphatic heterocycles. The molecule has 3 rings (SSSR count). The van der Waals surface area contributed by atoms with Crippen molar-refractivity contribution in [3.63, 3.8) is 0 Å². The van der Waals surface area contributed by atoms with Crippen LogP contribution in [0.3, 0.4) is 0 Å². The summed E-state index contributed by atoms with van der Waals surface area (Å²) in [6.45, 7) is 4.12. The maximum absolute atomic E-state index is 12.1. The minimum atomic E-state index is -0.0928. The summed E-state index contributed by atoms with van der Waals surface area (Å²) in [5.74, 6) is 0.145. The monoisotopic (exact) mass is 353 g/mol. The van der Waals surface area contributed by atoms with E-state index in [0.717, 1.165) is 23.4 Å². The molecule has 0 spiro atoms. The average Bonchev–Trinajstić information content (AvgIpc) is 3.10. The fourth-order valence-electron chi connectivity index (χ4n) is 2.27. The highest BCUT2D eigenvalue weighted by atomic mass is 32.2. The molecular formula is C18H19N5OS. The second-order valence-electron chi connectivity index (χ2n) is 5.60. The van der Waals surface area contributed by atoms with E-state index in [2.05, 4.69) is 39.9 Å². The zero-order valence-corrected chi connectivity index (χ0v) is 15.0. The maximum Gasteiger partial charge on any atom is 0.234 e. The van der Waals surface area contributed by atoms with Gasteiger partial charge in [-0.25, -0.2) is 0 Å². The smallest absolute Gasteiger partial charge is 0.234 e. The summed E-state index contributed by atoms with van der Waals surface area (Å²) in [4.78, 5) is 12.1. The SMILES string of the molecule is CCc1ccc(-n2nnnc2SCC(=O)Nc2ccc(C)cc2)cc1. The van der Waals surface area contributed by atoms with E-state index in [0.29, 0.717) is 5.16 Å². The predicted octanol–water partition coefficient (Wildman–Crippen LogP) is 3.26. The quantitative estimate of drug-likeness (QED) is 0.689. The number of hydrogen-bond donors (Lipinski definition) is 1. The molecule has 0 saturated carbocycles. The fourth-order valence-corrected chi connectivity index (χ4v) is 2.96. The predicted molar refractivity (Wildman–Crippen MR) is 99.1 cm³/mol. The van der Waals surface area contributed by atoms with Crippen molar-refractivity contribution in [1.82, 2.24) is 20.2 Å². The van der Waals surface area contributed by atoms with Crippen LogP contribution >= 0.6 is 11.8 Å². The van der Waals surface area contributed by atoms with Gasteiger partial charge in [0.1, 0.15) is 0 Å². The summed E-state index contributed by atoms with van der Waals surface area (Å²) in [6, 6.07) is 15.8. The molecule has 2 aromatic carbocycles. The van der Waals surface area contributed by atoms with Gasteiger partial charge in [0.05, 0.1) is 11.4 Å². The Morgan fingerprint density at radius 2 is 1.84 bits per heavy atom. The number of thioether (sulfide) groups is 1. The first-order valence-electron chi connectivity index (χ1n) is 8.02. The molecule has 1 amide bonds. The van der Waals surface area contributed by atoms with Gasteiger partial charge >= 0.3 is 0 Å². The van der Waals surface area contributed by atoms with E-state index < -0.39 is 0 Å². The lowest BCUT2D eigenvalue weighted by molar-refractivity contribution is -0.113. The van der Waals surface area contributed by atoms with Gasteiger partial charge < -0.3 is 5.32 Å². The van der Waals surface area contributed by atoms with Crippen molar-refractivity contribution in [2.45, 2.75) is 25.4 Å². The zero-order chi connectivity index (χ0) is 17.6. The highest BCUT2D eigenvalue weighted by Gasteiger charge is 2.11. The number of nitrogens with zero attached hydrogens (tertiary/aromatic N) is 4. The Morgan fingerprint density at radius 1 is 1.12 bits per heavy atom. The summed E-state index contributed by atoms with van der Waals surface area (Å²) in [6.07, 6.45) is 0.983. The number of anilines is 1. The van der Waals surface area contributed by atoms with E-state index >= 15 is 0 Å². The van der Waals surface area contributed by atoms with Crippen molar-refractivity contribution >= 4 is 23.4 Å². The van der Waals surface area contributed by atoms with E-state index in [1.807, 2.05) is 43.3 Å². The van der Waals surface area contributed by atoms with E-state index in [4.69, 9.17) is 0 Å². The molecule has 1 heterocycles. The van der Waals surface area contributed by atoms with Gasteiger partial charge in [0.15, 0.2) is 0 Å². The molecular weight excluding hydrogens is 334 g/mol. The van der Waals surface area contributed by atoms with Gasteiger partial charge in [-0.15, -0.1) is 5.10 Å². The average molecular weight is 353 g/mol. The largest absolute Gasteiger partial charge is 0.325 e. The number of nitrogens with one attached hydrogen (secondary N) is 1. The van der Waals surface area contributed by atoms with Crippen LogP contribution in [-0.2, 0) is 11.2 Å². The molecule has 0 aliphatic rings. The van der Waals surface area contributed by atoms with Crippen LogP contribution in [0.1, 0.15) is 18.1 Å². The topological polar surface area (TPSA) is 72.7 Å². The Kier molecular flexibility index (Phi) is 5.45. The Bertz CT molecular complexity index is 843. The standard InChI is InChI=1S/C18H19N5OS/c1-3-14-6-10-16(11-7-14)23-18(20-21-22-23)25-12-17(24)19-15-8-4-13(2)5-9-15/h4-11H,3,12H2,1-2H3,(H,19,24). The molecule has 0 unspecified atom stereocenters. The number of aromatic nitrogens is 4. The lowest BCUT2D eigenvalue weighted by Crippen LogP contribution is -2.14. The van der Waals surface area contributed by atoms with E-state index in [1.54, 1.807) is 4.68 Å². The van der Waals surface area contributed by atoms with E-state index in [1.165, 1.54) is 17.3 Å². The number of carbonyl (C=O) groups is 1. The lowest BCUT2D eigenvalue weighted by Gasteiger charge is -2.06. The van der Waals surface area contributed by atoms with Crippen LogP contribution in [-0.4, -0.2) is 31.9 Å². The Balaban J connectivity index is 1.62. The molecule has 1 aromatic heterocycles. The molecule has 7 heteroatoms. The third-order valence-electron chi connectivity index (χ3n) is 3.70. The third kappa shape index (κ3) is 4.45. The van der Waals surface area contributed by atoms with Crippen molar-refractivity contribution in [3.8, 4) is 5.69 Å². The third-order valence-corrected chi connectivity index (χ3v) is 4.62. The van der Waals surface area contributed by atoms with Gasteiger partial charge in [0.2, 0.25) is 11.1 Å². The first kappa shape index (κ1) is 17.2. The zero-order valence-electron chi connectivity index (χ0n) is 14.1. The van der Waals surface area contributed by atoms with Gasteiger partial charge in [-0.3, -0.25) is 4.79 Å². The summed E-state index contributed by atoms with van der Waals surface area (Å²) in [5, 5.41) is 15.2. The molecule has 0 aliphatic carbocycles. The summed E-state index contributed by atoms with van der Waals surface area (Å²) in [7, 11) is 0. The number of aryl methyl sites for hydroxylation is 2. The van der Waals surface area contributed by atoms with Crippen LogP contribution in [0.15, 0.2) is 53.7 Å². The molecule has 1 N–H and O–H groups in total. The maximum atomic E-state index is 12.1. The lowest BCUT2D eigenvalue weighted by atomic mass is 10.1. The molecule has 0 radical (unpaired) electrons. The summed E-state index contributed by atoms with van der Waals surface area (Å²) in [5.41, 5.74) is 4.07. The van der Waals surface area contributed by atoms with Crippen molar-refractivity contribution in [2.24, 2.45) is 0 Å². The molecule has 0 fully saturated rings. The first-order chi connectivity index (χ1) is 12.2. The number of tetrazole rings is 1. The van der Waals surface area contributed by atoms with Gasteiger partial charge in [0, 0.05) is 5.69 Å². The van der Waals surface area contributed by atoms with Crippen molar-refractivity contribution in [1.29, 1.82) is 0 Å². The number of hydrogen-bond acceptors (Lipinski definition) is 5. The molecule has 0 bridgehead atoms. The number of amides is 1. The number of carbonyl (C=O) groups excluding carboxylic acids is 1. The molecule has 128 valence electrons. The second-order valence-corrected chi connectivity index (χ2v) is 6.54. The van der Waals surface area contributed by atoms with Crippen molar-refractivity contribution < 1.29 is 4.79 Å². The first-order valence-corrected chi connectivity index (χ1v) is 9.01. The molecule has 6 nitrogen and oxygen atoms in total. The number of rotatable bonds is 6.